The Bertz CT molecular complexity index is 282. The van der Waals surface area contributed by atoms with Crippen LogP contribution in [0.3, 0.4) is 0 Å². The summed E-state index contributed by atoms with van der Waals surface area (Å²) in [5, 5.41) is 3.93. The Kier molecular flexibility index (Phi) is 5.66. The van der Waals surface area contributed by atoms with Gasteiger partial charge in [0.1, 0.15) is 0 Å². The standard InChI is InChI=1S/C16H30N2OS/c1-2-6-16(7-3-1,18-8-10-19-11-9-18)14-17-15-4-12-20-13-5-15/h15,17H,1-14H2. The van der Waals surface area contributed by atoms with Crippen LogP contribution in [0.2, 0.25) is 0 Å². The third-order valence-corrected chi connectivity index (χ3v) is 6.46. The van der Waals surface area contributed by atoms with E-state index in [-0.39, 0.29) is 0 Å². The van der Waals surface area contributed by atoms with Crippen molar-refractivity contribution in [1.29, 1.82) is 0 Å². The van der Waals surface area contributed by atoms with Crippen LogP contribution in [0.5, 0.6) is 0 Å². The molecule has 2 heterocycles. The largest absolute Gasteiger partial charge is 0.379 e. The summed E-state index contributed by atoms with van der Waals surface area (Å²) in [6.45, 7) is 5.36. The maximum atomic E-state index is 5.57. The zero-order chi connectivity index (χ0) is 13.7. The number of nitrogens with one attached hydrogen (secondary N) is 1. The first kappa shape index (κ1) is 15.1. The molecule has 0 radical (unpaired) electrons. The number of rotatable bonds is 4. The monoisotopic (exact) mass is 298 g/mol. The quantitative estimate of drug-likeness (QED) is 0.862. The van der Waals surface area contributed by atoms with Crippen LogP contribution in [-0.4, -0.2) is 60.8 Å². The second-order valence-electron chi connectivity index (χ2n) is 6.65. The minimum absolute atomic E-state index is 0.437. The molecule has 3 nitrogen and oxygen atoms in total. The molecule has 0 spiro atoms. The van der Waals surface area contributed by atoms with Crippen LogP contribution in [0.1, 0.15) is 44.9 Å². The van der Waals surface area contributed by atoms with E-state index in [2.05, 4.69) is 22.0 Å². The van der Waals surface area contributed by atoms with Gasteiger partial charge in [0.25, 0.3) is 0 Å². The van der Waals surface area contributed by atoms with E-state index in [0.29, 0.717) is 5.54 Å². The first-order chi connectivity index (χ1) is 9.89. The molecule has 1 aliphatic carbocycles. The van der Waals surface area contributed by atoms with Gasteiger partial charge in [-0.15, -0.1) is 0 Å². The molecule has 0 amide bonds. The van der Waals surface area contributed by atoms with Crippen LogP contribution in [0, 0.1) is 0 Å². The molecule has 4 heteroatoms. The number of morpholine rings is 1. The van der Waals surface area contributed by atoms with Gasteiger partial charge >= 0.3 is 0 Å². The molecule has 1 saturated carbocycles. The fraction of sp³-hybridized carbons (Fsp3) is 1.00. The highest BCUT2D eigenvalue weighted by Crippen LogP contribution is 2.34. The topological polar surface area (TPSA) is 24.5 Å². The van der Waals surface area contributed by atoms with Gasteiger partial charge in [-0.25, -0.2) is 0 Å². The molecule has 2 saturated heterocycles. The molecule has 0 aromatic rings. The van der Waals surface area contributed by atoms with Gasteiger partial charge in [0.2, 0.25) is 0 Å². The average molecular weight is 298 g/mol. The number of hydrogen-bond donors (Lipinski definition) is 1. The lowest BCUT2D eigenvalue weighted by Crippen LogP contribution is -2.60. The molecule has 3 rings (SSSR count). The Balaban J connectivity index is 1.59. The summed E-state index contributed by atoms with van der Waals surface area (Å²) in [4.78, 5) is 2.75. The number of thioether (sulfide) groups is 1. The first-order valence-corrected chi connectivity index (χ1v) is 9.68. The van der Waals surface area contributed by atoms with Crippen molar-refractivity contribution in [3.63, 3.8) is 0 Å². The van der Waals surface area contributed by atoms with Crippen molar-refractivity contribution < 1.29 is 4.74 Å². The molecule has 20 heavy (non-hydrogen) atoms. The van der Waals surface area contributed by atoms with Crippen molar-refractivity contribution in [2.45, 2.75) is 56.5 Å². The van der Waals surface area contributed by atoms with E-state index < -0.39 is 0 Å². The van der Waals surface area contributed by atoms with E-state index >= 15 is 0 Å². The van der Waals surface area contributed by atoms with E-state index in [1.165, 1.54) is 63.0 Å². The van der Waals surface area contributed by atoms with E-state index in [0.717, 1.165) is 32.3 Å². The normalized spacial score (nSPS) is 29.4. The SMILES string of the molecule is C1CCC(CNC2CCSCC2)(N2CCOCC2)CC1. The smallest absolute Gasteiger partial charge is 0.0594 e. The van der Waals surface area contributed by atoms with Gasteiger partial charge in [-0.2, -0.15) is 11.8 Å². The minimum Gasteiger partial charge on any atom is -0.379 e. The Hall–Kier alpha value is 0.230. The van der Waals surface area contributed by atoms with E-state index in [1.807, 2.05) is 0 Å². The van der Waals surface area contributed by atoms with Crippen LogP contribution in [0.4, 0.5) is 0 Å². The van der Waals surface area contributed by atoms with Crippen molar-refractivity contribution in [2.75, 3.05) is 44.4 Å². The molecule has 1 N–H and O–H groups in total. The third-order valence-electron chi connectivity index (χ3n) is 5.41. The van der Waals surface area contributed by atoms with Gasteiger partial charge in [-0.05, 0) is 37.2 Å². The van der Waals surface area contributed by atoms with Crippen LogP contribution in [0.25, 0.3) is 0 Å². The Morgan fingerprint density at radius 2 is 1.75 bits per heavy atom. The minimum atomic E-state index is 0.437. The van der Waals surface area contributed by atoms with Crippen LogP contribution >= 0.6 is 11.8 Å². The highest BCUT2D eigenvalue weighted by Gasteiger charge is 2.38. The molecule has 3 fully saturated rings. The van der Waals surface area contributed by atoms with Gasteiger partial charge in [-0.1, -0.05) is 19.3 Å². The van der Waals surface area contributed by atoms with Gasteiger partial charge in [0.15, 0.2) is 0 Å². The Morgan fingerprint density at radius 1 is 1.05 bits per heavy atom. The van der Waals surface area contributed by atoms with Crippen LogP contribution < -0.4 is 5.32 Å². The predicted octanol–water partition coefficient (Wildman–Crippen LogP) is 2.51. The molecular formula is C16H30N2OS. The summed E-state index contributed by atoms with van der Waals surface area (Å²) in [5.74, 6) is 2.70. The van der Waals surface area contributed by atoms with Crippen LogP contribution in [-0.2, 0) is 4.74 Å². The van der Waals surface area contributed by atoms with Crippen molar-refractivity contribution in [1.82, 2.24) is 10.2 Å². The summed E-state index contributed by atoms with van der Waals surface area (Å²) in [5.41, 5.74) is 0.437. The van der Waals surface area contributed by atoms with Crippen molar-refractivity contribution in [3.05, 3.63) is 0 Å². The van der Waals surface area contributed by atoms with E-state index in [1.54, 1.807) is 0 Å². The van der Waals surface area contributed by atoms with Gasteiger partial charge in [0.05, 0.1) is 13.2 Å². The molecular weight excluding hydrogens is 268 g/mol. The first-order valence-electron chi connectivity index (χ1n) is 8.53. The number of nitrogens with zero attached hydrogens (tertiary/aromatic N) is 1. The van der Waals surface area contributed by atoms with E-state index in [4.69, 9.17) is 4.74 Å². The van der Waals surface area contributed by atoms with Crippen molar-refractivity contribution in [2.24, 2.45) is 0 Å². The summed E-state index contributed by atoms with van der Waals surface area (Å²) < 4.78 is 5.57. The molecule has 0 aromatic carbocycles. The second kappa shape index (κ2) is 7.48. The molecule has 3 aliphatic rings. The zero-order valence-electron chi connectivity index (χ0n) is 12.7. The Labute approximate surface area is 128 Å². The summed E-state index contributed by atoms with van der Waals surface area (Å²) in [6, 6.07) is 0.774. The maximum Gasteiger partial charge on any atom is 0.0594 e. The second-order valence-corrected chi connectivity index (χ2v) is 7.88. The zero-order valence-corrected chi connectivity index (χ0v) is 13.6. The van der Waals surface area contributed by atoms with Crippen LogP contribution in [0.15, 0.2) is 0 Å². The summed E-state index contributed by atoms with van der Waals surface area (Å²) in [7, 11) is 0. The number of ether oxygens (including phenoxy) is 1. The summed E-state index contributed by atoms with van der Waals surface area (Å²) >= 11 is 2.12. The lowest BCUT2D eigenvalue weighted by Gasteiger charge is -2.49. The average Bonchev–Trinajstić information content (AvgIpc) is 2.56. The fourth-order valence-electron chi connectivity index (χ4n) is 4.09. The summed E-state index contributed by atoms with van der Waals surface area (Å²) in [6.07, 6.45) is 9.78. The lowest BCUT2D eigenvalue weighted by atomic mass is 9.79. The molecule has 0 aromatic heterocycles. The Morgan fingerprint density at radius 3 is 2.45 bits per heavy atom. The van der Waals surface area contributed by atoms with E-state index in [9.17, 15) is 0 Å². The van der Waals surface area contributed by atoms with Gasteiger partial charge in [-0.3, -0.25) is 4.90 Å². The molecule has 0 unspecified atom stereocenters. The number of hydrogen-bond acceptors (Lipinski definition) is 4. The van der Waals surface area contributed by atoms with Crippen molar-refractivity contribution in [3.8, 4) is 0 Å². The maximum absolute atomic E-state index is 5.57. The molecule has 0 bridgehead atoms. The van der Waals surface area contributed by atoms with Gasteiger partial charge < -0.3 is 10.1 Å². The predicted molar refractivity (Wildman–Crippen MR) is 86.6 cm³/mol. The lowest BCUT2D eigenvalue weighted by molar-refractivity contribution is -0.0377. The highest BCUT2D eigenvalue weighted by atomic mass is 32.2. The molecule has 2 aliphatic heterocycles. The molecule has 116 valence electrons. The van der Waals surface area contributed by atoms with Gasteiger partial charge in [0, 0.05) is 31.2 Å². The van der Waals surface area contributed by atoms with Crippen molar-refractivity contribution >= 4 is 11.8 Å². The fourth-order valence-corrected chi connectivity index (χ4v) is 5.19. The molecule has 0 atom stereocenters. The third kappa shape index (κ3) is 3.70. The highest BCUT2D eigenvalue weighted by molar-refractivity contribution is 7.99.